The van der Waals surface area contributed by atoms with Gasteiger partial charge < -0.3 is 15.5 Å². The Bertz CT molecular complexity index is 711. The summed E-state index contributed by atoms with van der Waals surface area (Å²) >= 11 is 0. The molecule has 2 saturated heterocycles. The van der Waals surface area contributed by atoms with Crippen LogP contribution in [0.15, 0.2) is 60.7 Å². The average molecular weight is 349 g/mol. The Balaban J connectivity index is 1.33. The van der Waals surface area contributed by atoms with Crippen LogP contribution < -0.4 is 15.5 Å². The van der Waals surface area contributed by atoms with Crippen LogP contribution in [0.4, 0.5) is 5.69 Å². The van der Waals surface area contributed by atoms with Crippen LogP contribution in [0, 0.1) is 5.92 Å². The van der Waals surface area contributed by atoms with Gasteiger partial charge in [0.15, 0.2) is 0 Å². The third-order valence-corrected chi connectivity index (χ3v) is 5.74. The molecular formula is C22H27N3O. The third-order valence-electron chi connectivity index (χ3n) is 5.74. The van der Waals surface area contributed by atoms with Crippen LogP contribution in [0.1, 0.15) is 24.3 Å². The maximum Gasteiger partial charge on any atom is 0.225 e. The molecule has 0 aromatic heterocycles. The number of hydrogen-bond donors (Lipinski definition) is 2. The molecular weight excluding hydrogens is 322 g/mol. The normalized spacial score (nSPS) is 23.8. The summed E-state index contributed by atoms with van der Waals surface area (Å²) in [5, 5.41) is 6.73. The highest BCUT2D eigenvalue weighted by Crippen LogP contribution is 2.28. The van der Waals surface area contributed by atoms with Gasteiger partial charge in [0.1, 0.15) is 0 Å². The highest BCUT2D eigenvalue weighted by Gasteiger charge is 2.35. The first kappa shape index (κ1) is 17.1. The molecule has 4 heteroatoms. The van der Waals surface area contributed by atoms with E-state index in [2.05, 4.69) is 70.1 Å². The van der Waals surface area contributed by atoms with Crippen LogP contribution in [-0.2, 0) is 4.79 Å². The van der Waals surface area contributed by atoms with E-state index in [4.69, 9.17) is 0 Å². The summed E-state index contributed by atoms with van der Waals surface area (Å²) in [4.78, 5) is 15.3. The monoisotopic (exact) mass is 349 g/mol. The summed E-state index contributed by atoms with van der Waals surface area (Å²) < 4.78 is 0. The molecule has 0 bridgehead atoms. The van der Waals surface area contributed by atoms with Gasteiger partial charge in [-0.2, -0.15) is 0 Å². The summed E-state index contributed by atoms with van der Waals surface area (Å²) in [6.45, 7) is 3.66. The molecule has 2 heterocycles. The summed E-state index contributed by atoms with van der Waals surface area (Å²) in [5.41, 5.74) is 2.54. The van der Waals surface area contributed by atoms with E-state index in [-0.39, 0.29) is 17.7 Å². The van der Waals surface area contributed by atoms with Crippen molar-refractivity contribution in [2.45, 2.75) is 24.8 Å². The van der Waals surface area contributed by atoms with E-state index >= 15 is 0 Å². The zero-order valence-corrected chi connectivity index (χ0v) is 15.1. The number of benzene rings is 2. The van der Waals surface area contributed by atoms with E-state index in [9.17, 15) is 4.79 Å². The molecule has 2 aromatic carbocycles. The second-order valence-corrected chi connectivity index (χ2v) is 7.39. The molecule has 2 N–H and O–H groups in total. The lowest BCUT2D eigenvalue weighted by atomic mass is 9.88. The van der Waals surface area contributed by atoms with E-state index in [1.807, 2.05) is 6.07 Å². The van der Waals surface area contributed by atoms with Crippen molar-refractivity contribution in [1.82, 2.24) is 10.6 Å². The molecule has 4 nitrogen and oxygen atoms in total. The van der Waals surface area contributed by atoms with Crippen molar-refractivity contribution in [1.29, 1.82) is 0 Å². The van der Waals surface area contributed by atoms with Gasteiger partial charge in [0.25, 0.3) is 0 Å². The fourth-order valence-electron chi connectivity index (χ4n) is 4.23. The molecule has 0 radical (unpaired) electrons. The lowest BCUT2D eigenvalue weighted by Crippen LogP contribution is -2.47. The number of carbonyl (C=O) groups excluding carboxylic acids is 1. The molecule has 0 spiro atoms. The number of rotatable bonds is 4. The van der Waals surface area contributed by atoms with Crippen molar-refractivity contribution in [3.8, 4) is 0 Å². The molecule has 2 aromatic rings. The van der Waals surface area contributed by atoms with E-state index in [0.717, 1.165) is 39.0 Å². The van der Waals surface area contributed by atoms with Crippen molar-refractivity contribution in [2.24, 2.45) is 5.92 Å². The molecule has 1 unspecified atom stereocenters. The van der Waals surface area contributed by atoms with E-state index in [1.165, 1.54) is 11.3 Å². The Morgan fingerprint density at radius 2 is 1.58 bits per heavy atom. The number of carbonyl (C=O) groups is 1. The molecule has 2 fully saturated rings. The number of amides is 1. The topological polar surface area (TPSA) is 44.4 Å². The lowest BCUT2D eigenvalue weighted by molar-refractivity contribution is -0.125. The SMILES string of the molecule is O=C(NC1CCN(c2ccccc2)CC1)C1CNC[C@H]1c1ccccc1. The highest BCUT2D eigenvalue weighted by molar-refractivity contribution is 5.80. The molecule has 26 heavy (non-hydrogen) atoms. The predicted octanol–water partition coefficient (Wildman–Crippen LogP) is 2.77. The smallest absolute Gasteiger partial charge is 0.225 e. The highest BCUT2D eigenvalue weighted by atomic mass is 16.2. The predicted molar refractivity (Wildman–Crippen MR) is 105 cm³/mol. The van der Waals surface area contributed by atoms with Crippen molar-refractivity contribution in [3.05, 3.63) is 66.2 Å². The first-order chi connectivity index (χ1) is 12.8. The standard InChI is InChI=1S/C22H27N3O/c26-22(21-16-23-15-20(21)17-7-3-1-4-8-17)24-18-11-13-25(14-12-18)19-9-5-2-6-10-19/h1-10,18,20-21,23H,11-16H2,(H,24,26)/t20-,21?/m0/s1. The maximum atomic E-state index is 12.9. The molecule has 0 aliphatic carbocycles. The van der Waals surface area contributed by atoms with Crippen molar-refractivity contribution in [2.75, 3.05) is 31.1 Å². The number of piperidine rings is 1. The van der Waals surface area contributed by atoms with Crippen LogP contribution in [0.5, 0.6) is 0 Å². The van der Waals surface area contributed by atoms with Gasteiger partial charge in [0, 0.05) is 43.8 Å². The molecule has 4 rings (SSSR count). The number of para-hydroxylation sites is 1. The number of nitrogens with zero attached hydrogens (tertiary/aromatic N) is 1. The zero-order valence-electron chi connectivity index (χ0n) is 15.1. The van der Waals surface area contributed by atoms with Crippen LogP contribution in [0.3, 0.4) is 0 Å². The first-order valence-electron chi connectivity index (χ1n) is 9.67. The average Bonchev–Trinajstić information content (AvgIpc) is 3.20. The minimum atomic E-state index is 0.0320. The van der Waals surface area contributed by atoms with Gasteiger partial charge in [-0.3, -0.25) is 4.79 Å². The Labute approximate surface area is 155 Å². The molecule has 136 valence electrons. The van der Waals surface area contributed by atoms with Gasteiger partial charge in [0.2, 0.25) is 5.91 Å². The van der Waals surface area contributed by atoms with Crippen LogP contribution in [0.25, 0.3) is 0 Å². The van der Waals surface area contributed by atoms with Gasteiger partial charge in [-0.15, -0.1) is 0 Å². The minimum absolute atomic E-state index is 0.0320. The number of anilines is 1. The van der Waals surface area contributed by atoms with Gasteiger partial charge in [-0.05, 0) is 30.5 Å². The van der Waals surface area contributed by atoms with Crippen molar-refractivity contribution in [3.63, 3.8) is 0 Å². The lowest BCUT2D eigenvalue weighted by Gasteiger charge is -2.34. The second-order valence-electron chi connectivity index (χ2n) is 7.39. The largest absolute Gasteiger partial charge is 0.371 e. The Morgan fingerprint density at radius 3 is 2.27 bits per heavy atom. The van der Waals surface area contributed by atoms with E-state index in [0.29, 0.717) is 6.04 Å². The summed E-state index contributed by atoms with van der Waals surface area (Å²) in [5.74, 6) is 0.521. The third kappa shape index (κ3) is 3.75. The van der Waals surface area contributed by atoms with Crippen LogP contribution in [0.2, 0.25) is 0 Å². The number of hydrogen-bond acceptors (Lipinski definition) is 3. The van der Waals surface area contributed by atoms with Crippen LogP contribution >= 0.6 is 0 Å². The van der Waals surface area contributed by atoms with Gasteiger partial charge in [-0.25, -0.2) is 0 Å². The Morgan fingerprint density at radius 1 is 0.923 bits per heavy atom. The molecule has 0 saturated carbocycles. The van der Waals surface area contributed by atoms with E-state index in [1.54, 1.807) is 0 Å². The Hall–Kier alpha value is -2.33. The van der Waals surface area contributed by atoms with Crippen molar-refractivity contribution < 1.29 is 4.79 Å². The summed E-state index contributed by atoms with van der Waals surface area (Å²) in [6, 6.07) is 21.2. The van der Waals surface area contributed by atoms with Gasteiger partial charge in [-0.1, -0.05) is 48.5 Å². The summed E-state index contributed by atoms with van der Waals surface area (Å²) in [7, 11) is 0. The quantitative estimate of drug-likeness (QED) is 0.892. The fraction of sp³-hybridized carbons (Fsp3) is 0.409. The van der Waals surface area contributed by atoms with Gasteiger partial charge in [0.05, 0.1) is 5.92 Å². The molecule has 2 aliphatic heterocycles. The number of nitrogens with one attached hydrogen (secondary N) is 2. The second kappa shape index (κ2) is 7.92. The Kier molecular flexibility index (Phi) is 5.21. The first-order valence-corrected chi connectivity index (χ1v) is 9.67. The summed E-state index contributed by atoms with van der Waals surface area (Å²) in [6.07, 6.45) is 2.02. The molecule has 1 amide bonds. The van der Waals surface area contributed by atoms with E-state index < -0.39 is 0 Å². The van der Waals surface area contributed by atoms with Crippen molar-refractivity contribution >= 4 is 11.6 Å². The van der Waals surface area contributed by atoms with Crippen LogP contribution in [-0.4, -0.2) is 38.1 Å². The maximum absolute atomic E-state index is 12.9. The fourth-order valence-corrected chi connectivity index (χ4v) is 4.23. The molecule has 2 atom stereocenters. The molecule has 2 aliphatic rings. The minimum Gasteiger partial charge on any atom is -0.371 e. The zero-order chi connectivity index (χ0) is 17.8. The van der Waals surface area contributed by atoms with Gasteiger partial charge >= 0.3 is 0 Å².